The van der Waals surface area contributed by atoms with Crippen LogP contribution in [0.4, 0.5) is 31.8 Å². The fraction of sp³-hybridized carbons (Fsp3) is 0.156. The summed E-state index contributed by atoms with van der Waals surface area (Å²) in [4.78, 5) is 43.7. The molecule has 1 amide bonds. The predicted molar refractivity (Wildman–Crippen MR) is 168 cm³/mol. The minimum absolute atomic E-state index is 0.0404. The van der Waals surface area contributed by atoms with Crippen LogP contribution in [0.3, 0.4) is 0 Å². The van der Waals surface area contributed by atoms with Crippen molar-refractivity contribution in [2.45, 2.75) is 0 Å². The average Bonchev–Trinajstić information content (AvgIpc) is 3.03. The third kappa shape index (κ3) is 8.45. The van der Waals surface area contributed by atoms with Crippen LogP contribution in [0.5, 0.6) is 0 Å². The van der Waals surface area contributed by atoms with E-state index in [-0.39, 0.29) is 23.2 Å². The van der Waals surface area contributed by atoms with E-state index in [0.29, 0.717) is 36.4 Å². The Morgan fingerprint density at radius 1 is 0.933 bits per heavy atom. The van der Waals surface area contributed by atoms with E-state index in [0.717, 1.165) is 29.6 Å². The summed E-state index contributed by atoms with van der Waals surface area (Å²) >= 11 is 0. The molecule has 2 heterocycles. The largest absolute Gasteiger partial charge is 0.478 e. The van der Waals surface area contributed by atoms with Crippen molar-refractivity contribution in [1.82, 2.24) is 14.9 Å². The number of carboxylic acids is 2. The van der Waals surface area contributed by atoms with Crippen LogP contribution in [-0.2, 0) is 14.4 Å². The van der Waals surface area contributed by atoms with Crippen LogP contribution < -0.4 is 15.5 Å². The monoisotopic (exact) mass is 616 g/mol. The van der Waals surface area contributed by atoms with E-state index in [2.05, 4.69) is 32.1 Å². The number of nitrogens with zero attached hydrogens (tertiary/aromatic N) is 4. The van der Waals surface area contributed by atoms with Crippen molar-refractivity contribution in [3.8, 4) is 11.1 Å². The molecule has 13 heteroatoms. The molecule has 0 spiro atoms. The van der Waals surface area contributed by atoms with Crippen LogP contribution in [0.15, 0.2) is 85.6 Å². The molecule has 0 atom stereocenters. The summed E-state index contributed by atoms with van der Waals surface area (Å²) in [5, 5.41) is 22.0. The Morgan fingerprint density at radius 3 is 2.29 bits per heavy atom. The van der Waals surface area contributed by atoms with Gasteiger partial charge in [0.1, 0.15) is 0 Å². The second-order valence-corrected chi connectivity index (χ2v) is 9.90. The number of likely N-dealkylation sites (N-methyl/N-ethyl adjacent to an activating group) is 1. The molecule has 45 heavy (non-hydrogen) atoms. The SMILES string of the molecule is C=CC(=O)Nc1cccc(-c2cccc3cnc(Nc4ccc(N5CCN(C)CC5)c(F)c4F)nc23)c1.O=C(O)C=CC(=O)O. The minimum atomic E-state index is -1.26. The molecule has 1 saturated heterocycles. The summed E-state index contributed by atoms with van der Waals surface area (Å²) in [5.41, 5.74) is 3.08. The first-order valence-corrected chi connectivity index (χ1v) is 13.7. The van der Waals surface area contributed by atoms with Crippen molar-refractivity contribution in [2.75, 3.05) is 48.8 Å². The minimum Gasteiger partial charge on any atom is -0.478 e. The number of fused-ring (bicyclic) bond motifs is 1. The van der Waals surface area contributed by atoms with Crippen molar-refractivity contribution in [3.05, 3.63) is 97.2 Å². The molecule has 1 fully saturated rings. The smallest absolute Gasteiger partial charge is 0.328 e. The predicted octanol–water partition coefficient (Wildman–Crippen LogP) is 4.91. The van der Waals surface area contributed by atoms with E-state index in [1.807, 2.05) is 48.3 Å². The molecule has 0 bridgehead atoms. The van der Waals surface area contributed by atoms with Crippen molar-refractivity contribution in [1.29, 1.82) is 0 Å². The Labute approximate surface area is 257 Å². The molecular formula is C32H30F2N6O5. The normalized spacial score (nSPS) is 13.2. The Balaban J connectivity index is 0.000000510. The van der Waals surface area contributed by atoms with Gasteiger partial charge in [-0.2, -0.15) is 0 Å². The van der Waals surface area contributed by atoms with Gasteiger partial charge in [0.05, 0.1) is 16.9 Å². The highest BCUT2D eigenvalue weighted by molar-refractivity contribution is 6.00. The first-order valence-electron chi connectivity index (χ1n) is 13.7. The second kappa shape index (κ2) is 14.7. The zero-order chi connectivity index (χ0) is 32.5. The van der Waals surface area contributed by atoms with Crippen LogP contribution in [0.25, 0.3) is 22.0 Å². The van der Waals surface area contributed by atoms with Gasteiger partial charge in [0.15, 0.2) is 11.6 Å². The number of benzene rings is 3. The van der Waals surface area contributed by atoms with Crippen LogP contribution in [0, 0.1) is 11.6 Å². The fourth-order valence-corrected chi connectivity index (χ4v) is 4.50. The molecule has 0 aliphatic carbocycles. The summed E-state index contributed by atoms with van der Waals surface area (Å²) < 4.78 is 30.0. The van der Waals surface area contributed by atoms with Gasteiger partial charge in [-0.15, -0.1) is 0 Å². The Morgan fingerprint density at radius 2 is 1.62 bits per heavy atom. The number of para-hydroxylation sites is 1. The van der Waals surface area contributed by atoms with E-state index in [4.69, 9.17) is 10.2 Å². The number of hydrogen-bond acceptors (Lipinski definition) is 8. The van der Waals surface area contributed by atoms with E-state index >= 15 is 4.39 Å². The number of rotatable bonds is 8. The van der Waals surface area contributed by atoms with Gasteiger partial charge in [0.25, 0.3) is 0 Å². The quantitative estimate of drug-likeness (QED) is 0.201. The van der Waals surface area contributed by atoms with E-state index in [9.17, 15) is 18.8 Å². The molecule has 0 radical (unpaired) electrons. The van der Waals surface area contributed by atoms with Crippen LogP contribution in [-0.4, -0.2) is 76.2 Å². The number of nitrogens with one attached hydrogen (secondary N) is 2. The number of anilines is 4. The lowest BCUT2D eigenvalue weighted by molar-refractivity contribution is -0.134. The summed E-state index contributed by atoms with van der Waals surface area (Å²) in [6.07, 6.45) is 3.95. The number of amides is 1. The average molecular weight is 617 g/mol. The highest BCUT2D eigenvalue weighted by Crippen LogP contribution is 2.32. The lowest BCUT2D eigenvalue weighted by atomic mass is 10.0. The standard InChI is InChI=1S/C28H26F2N6O.C4H4O4/c1-3-24(37)32-20-8-4-6-18(16-20)21-9-5-7-19-17-31-28(34-27(19)21)33-22-10-11-23(26(30)25(22)29)36-14-12-35(2)13-15-36;5-3(6)1-2-4(7)8/h3-11,16-17H,1,12-15H2,2H3,(H,32,37)(H,31,33,34);1-2H,(H,5,6)(H,7,8). The fourth-order valence-electron chi connectivity index (χ4n) is 4.50. The molecule has 3 aromatic carbocycles. The Bertz CT molecular complexity index is 1760. The topological polar surface area (TPSA) is 148 Å². The number of aliphatic carboxylic acids is 2. The number of piperazine rings is 1. The second-order valence-electron chi connectivity index (χ2n) is 9.90. The van der Waals surface area contributed by atoms with Crippen molar-refractivity contribution < 1.29 is 33.4 Å². The van der Waals surface area contributed by atoms with Crippen molar-refractivity contribution in [3.63, 3.8) is 0 Å². The zero-order valence-corrected chi connectivity index (χ0v) is 24.2. The van der Waals surface area contributed by atoms with Gasteiger partial charge >= 0.3 is 11.9 Å². The number of aromatic nitrogens is 2. The number of carbonyl (C=O) groups excluding carboxylic acids is 1. The van der Waals surface area contributed by atoms with Gasteiger partial charge < -0.3 is 30.6 Å². The maximum absolute atomic E-state index is 15.0. The van der Waals surface area contributed by atoms with Gasteiger partial charge in [0, 0.05) is 61.2 Å². The molecule has 0 unspecified atom stereocenters. The Kier molecular flexibility index (Phi) is 10.5. The lowest BCUT2D eigenvalue weighted by Crippen LogP contribution is -2.44. The van der Waals surface area contributed by atoms with Gasteiger partial charge in [-0.3, -0.25) is 4.79 Å². The van der Waals surface area contributed by atoms with Gasteiger partial charge in [-0.05, 0) is 43.0 Å². The molecule has 232 valence electrons. The summed E-state index contributed by atoms with van der Waals surface area (Å²) in [6, 6.07) is 16.1. The third-order valence-electron chi connectivity index (χ3n) is 6.76. The molecule has 4 N–H and O–H groups in total. The molecule has 5 rings (SSSR count). The molecule has 4 aromatic rings. The number of carboxylic acid groups (broad SMARTS) is 2. The van der Waals surface area contributed by atoms with Gasteiger partial charge in [0.2, 0.25) is 11.9 Å². The number of carbonyl (C=O) groups is 3. The van der Waals surface area contributed by atoms with Crippen molar-refractivity contribution in [2.24, 2.45) is 0 Å². The third-order valence-corrected chi connectivity index (χ3v) is 6.76. The highest BCUT2D eigenvalue weighted by Gasteiger charge is 2.22. The molecule has 1 aliphatic heterocycles. The highest BCUT2D eigenvalue weighted by atomic mass is 19.2. The van der Waals surface area contributed by atoms with Crippen LogP contribution in [0.2, 0.25) is 0 Å². The molecular weight excluding hydrogens is 586 g/mol. The van der Waals surface area contributed by atoms with Gasteiger partial charge in [-0.25, -0.2) is 28.3 Å². The maximum Gasteiger partial charge on any atom is 0.328 e. The zero-order valence-electron chi connectivity index (χ0n) is 24.2. The van der Waals surface area contributed by atoms with E-state index < -0.39 is 23.6 Å². The molecule has 1 aliphatic rings. The maximum atomic E-state index is 15.0. The first kappa shape index (κ1) is 32.2. The van der Waals surface area contributed by atoms with Crippen molar-refractivity contribution >= 4 is 51.8 Å². The van der Waals surface area contributed by atoms with Crippen LogP contribution >= 0.6 is 0 Å². The van der Waals surface area contributed by atoms with Crippen LogP contribution in [0.1, 0.15) is 0 Å². The van der Waals surface area contributed by atoms with E-state index in [1.165, 1.54) is 12.1 Å². The molecule has 1 aromatic heterocycles. The van der Waals surface area contributed by atoms with E-state index in [1.54, 1.807) is 18.3 Å². The molecule has 0 saturated carbocycles. The Hall–Kier alpha value is -5.69. The summed E-state index contributed by atoms with van der Waals surface area (Å²) in [6.45, 7) is 6.32. The summed E-state index contributed by atoms with van der Waals surface area (Å²) in [5.74, 6) is -4.55. The number of hydrogen-bond donors (Lipinski definition) is 4. The lowest BCUT2D eigenvalue weighted by Gasteiger charge is -2.34. The molecule has 11 nitrogen and oxygen atoms in total. The van der Waals surface area contributed by atoms with Gasteiger partial charge in [-0.1, -0.05) is 36.9 Å². The summed E-state index contributed by atoms with van der Waals surface area (Å²) in [7, 11) is 2.01. The first-order chi connectivity index (χ1) is 21.5. The number of halogens is 2.